The number of carbonyl (C=O) groups is 1. The maximum atomic E-state index is 11.1. The van der Waals surface area contributed by atoms with Crippen LogP contribution in [0.1, 0.15) is 10.4 Å². The van der Waals surface area contributed by atoms with Crippen molar-refractivity contribution in [3.8, 4) is 5.75 Å². The standard InChI is InChI=1S/C10H12O4/c1-12-7-14-9-5-3-8(4-6-9)10(11)13-2/h3-6H,7H2,1-2H3. The predicted octanol–water partition coefficient (Wildman–Crippen LogP) is 1.46. The number of esters is 1. The summed E-state index contributed by atoms with van der Waals surface area (Å²) in [7, 11) is 2.89. The highest BCUT2D eigenvalue weighted by molar-refractivity contribution is 5.89. The largest absolute Gasteiger partial charge is 0.468 e. The molecule has 4 heteroatoms. The number of ether oxygens (including phenoxy) is 3. The van der Waals surface area contributed by atoms with Crippen LogP contribution in [0.2, 0.25) is 0 Å². The molecule has 1 rings (SSSR count). The maximum absolute atomic E-state index is 11.1. The van der Waals surface area contributed by atoms with Gasteiger partial charge in [0.05, 0.1) is 12.7 Å². The highest BCUT2D eigenvalue weighted by Gasteiger charge is 2.03. The molecule has 76 valence electrons. The third-order valence-corrected chi connectivity index (χ3v) is 1.62. The second kappa shape index (κ2) is 5.24. The molecule has 0 aromatic heterocycles. The molecule has 0 radical (unpaired) electrons. The van der Waals surface area contributed by atoms with Crippen molar-refractivity contribution in [1.29, 1.82) is 0 Å². The van der Waals surface area contributed by atoms with Crippen LogP contribution >= 0.6 is 0 Å². The highest BCUT2D eigenvalue weighted by atomic mass is 16.7. The SMILES string of the molecule is COCOc1ccc(C(=O)OC)cc1. The van der Waals surface area contributed by atoms with Gasteiger partial charge in [0.1, 0.15) is 5.75 Å². The van der Waals surface area contributed by atoms with E-state index in [1.165, 1.54) is 7.11 Å². The molecule has 1 aromatic carbocycles. The van der Waals surface area contributed by atoms with E-state index in [1.54, 1.807) is 31.4 Å². The Morgan fingerprint density at radius 3 is 2.36 bits per heavy atom. The molecular weight excluding hydrogens is 184 g/mol. The number of hydrogen-bond donors (Lipinski definition) is 0. The molecule has 0 amide bonds. The number of methoxy groups -OCH3 is 2. The first-order valence-electron chi connectivity index (χ1n) is 4.08. The minimum atomic E-state index is -0.358. The zero-order valence-corrected chi connectivity index (χ0v) is 8.15. The Morgan fingerprint density at radius 2 is 1.86 bits per heavy atom. The van der Waals surface area contributed by atoms with E-state index < -0.39 is 0 Å². The Labute approximate surface area is 82.4 Å². The Morgan fingerprint density at radius 1 is 1.21 bits per heavy atom. The van der Waals surface area contributed by atoms with Gasteiger partial charge in [-0.25, -0.2) is 4.79 Å². The van der Waals surface area contributed by atoms with E-state index in [2.05, 4.69) is 4.74 Å². The molecule has 0 saturated heterocycles. The number of benzene rings is 1. The minimum Gasteiger partial charge on any atom is -0.468 e. The lowest BCUT2D eigenvalue weighted by molar-refractivity contribution is 0.0510. The molecule has 0 aliphatic heterocycles. The molecule has 1 aromatic rings. The summed E-state index contributed by atoms with van der Waals surface area (Å²) < 4.78 is 14.4. The fourth-order valence-electron chi connectivity index (χ4n) is 0.932. The number of rotatable bonds is 4. The van der Waals surface area contributed by atoms with Crippen molar-refractivity contribution in [3.63, 3.8) is 0 Å². The van der Waals surface area contributed by atoms with Crippen molar-refractivity contribution < 1.29 is 19.0 Å². The summed E-state index contributed by atoms with van der Waals surface area (Å²) in [5, 5.41) is 0. The first-order chi connectivity index (χ1) is 6.77. The van der Waals surface area contributed by atoms with E-state index >= 15 is 0 Å². The van der Waals surface area contributed by atoms with Gasteiger partial charge in [-0.15, -0.1) is 0 Å². The molecular formula is C10H12O4. The molecule has 0 saturated carbocycles. The summed E-state index contributed by atoms with van der Waals surface area (Å²) in [5.74, 6) is 0.294. The molecule has 0 atom stereocenters. The lowest BCUT2D eigenvalue weighted by Gasteiger charge is -2.04. The highest BCUT2D eigenvalue weighted by Crippen LogP contribution is 2.12. The number of carbonyl (C=O) groups excluding carboxylic acids is 1. The Hall–Kier alpha value is -1.55. The maximum Gasteiger partial charge on any atom is 0.337 e. The van der Waals surface area contributed by atoms with Crippen LogP contribution in [0.4, 0.5) is 0 Å². The molecule has 4 nitrogen and oxygen atoms in total. The number of hydrogen-bond acceptors (Lipinski definition) is 4. The van der Waals surface area contributed by atoms with Gasteiger partial charge in [0.25, 0.3) is 0 Å². The van der Waals surface area contributed by atoms with E-state index in [0.717, 1.165) is 0 Å². The van der Waals surface area contributed by atoms with Crippen molar-refractivity contribution in [1.82, 2.24) is 0 Å². The zero-order valence-electron chi connectivity index (χ0n) is 8.15. The van der Waals surface area contributed by atoms with Crippen molar-refractivity contribution >= 4 is 5.97 Å². The van der Waals surface area contributed by atoms with Gasteiger partial charge in [-0.05, 0) is 24.3 Å². The second-order valence-electron chi connectivity index (χ2n) is 2.57. The molecule has 0 unspecified atom stereocenters. The van der Waals surface area contributed by atoms with Gasteiger partial charge in [-0.2, -0.15) is 0 Å². The summed E-state index contributed by atoms with van der Waals surface area (Å²) in [6.07, 6.45) is 0. The van der Waals surface area contributed by atoms with Crippen LogP contribution in [-0.2, 0) is 9.47 Å². The fraction of sp³-hybridized carbons (Fsp3) is 0.300. The average Bonchev–Trinajstić information content (AvgIpc) is 2.26. The van der Waals surface area contributed by atoms with Gasteiger partial charge in [0.15, 0.2) is 6.79 Å². The van der Waals surface area contributed by atoms with Crippen LogP contribution in [-0.4, -0.2) is 27.0 Å². The minimum absolute atomic E-state index is 0.192. The van der Waals surface area contributed by atoms with Crippen molar-refractivity contribution in [2.75, 3.05) is 21.0 Å². The van der Waals surface area contributed by atoms with Crippen LogP contribution < -0.4 is 4.74 Å². The average molecular weight is 196 g/mol. The first-order valence-corrected chi connectivity index (χ1v) is 4.08. The van der Waals surface area contributed by atoms with Crippen molar-refractivity contribution in [2.45, 2.75) is 0 Å². The van der Waals surface area contributed by atoms with Gasteiger partial charge in [-0.3, -0.25) is 0 Å². The molecule has 0 fully saturated rings. The van der Waals surface area contributed by atoms with Crippen LogP contribution in [0.3, 0.4) is 0 Å². The van der Waals surface area contributed by atoms with E-state index in [4.69, 9.17) is 9.47 Å². The van der Waals surface area contributed by atoms with Gasteiger partial charge in [-0.1, -0.05) is 0 Å². The summed E-state index contributed by atoms with van der Waals surface area (Å²) in [6.45, 7) is 0.192. The van der Waals surface area contributed by atoms with Crippen LogP contribution in [0.15, 0.2) is 24.3 Å². The van der Waals surface area contributed by atoms with Gasteiger partial charge in [0.2, 0.25) is 0 Å². The molecule has 0 bridgehead atoms. The normalized spacial score (nSPS) is 9.57. The Bertz CT molecular complexity index is 291. The summed E-state index contributed by atoms with van der Waals surface area (Å²) >= 11 is 0. The molecule has 0 heterocycles. The molecule has 0 spiro atoms. The monoisotopic (exact) mass is 196 g/mol. The predicted molar refractivity (Wildman–Crippen MR) is 50.3 cm³/mol. The lowest BCUT2D eigenvalue weighted by Crippen LogP contribution is -2.02. The fourth-order valence-corrected chi connectivity index (χ4v) is 0.932. The van der Waals surface area contributed by atoms with E-state index in [-0.39, 0.29) is 12.8 Å². The summed E-state index contributed by atoms with van der Waals surface area (Å²) in [5.41, 5.74) is 0.497. The van der Waals surface area contributed by atoms with Crippen LogP contribution in [0.25, 0.3) is 0 Å². The summed E-state index contributed by atoms with van der Waals surface area (Å²) in [6, 6.07) is 6.64. The Balaban J connectivity index is 2.63. The van der Waals surface area contributed by atoms with Crippen molar-refractivity contribution in [2.24, 2.45) is 0 Å². The summed E-state index contributed by atoms with van der Waals surface area (Å²) in [4.78, 5) is 11.1. The smallest absolute Gasteiger partial charge is 0.337 e. The molecule has 0 aliphatic rings. The van der Waals surface area contributed by atoms with Crippen LogP contribution in [0.5, 0.6) is 5.75 Å². The van der Waals surface area contributed by atoms with Gasteiger partial charge >= 0.3 is 5.97 Å². The zero-order chi connectivity index (χ0) is 10.4. The van der Waals surface area contributed by atoms with E-state index in [1.807, 2.05) is 0 Å². The van der Waals surface area contributed by atoms with Crippen molar-refractivity contribution in [3.05, 3.63) is 29.8 Å². The van der Waals surface area contributed by atoms with Gasteiger partial charge in [0, 0.05) is 7.11 Å². The van der Waals surface area contributed by atoms with E-state index in [0.29, 0.717) is 11.3 Å². The molecule has 0 N–H and O–H groups in total. The van der Waals surface area contributed by atoms with Gasteiger partial charge < -0.3 is 14.2 Å². The van der Waals surface area contributed by atoms with E-state index in [9.17, 15) is 4.79 Å². The topological polar surface area (TPSA) is 44.8 Å². The lowest BCUT2D eigenvalue weighted by atomic mass is 10.2. The molecule has 0 aliphatic carbocycles. The Kier molecular flexibility index (Phi) is 3.94. The first kappa shape index (κ1) is 10.5. The third-order valence-electron chi connectivity index (χ3n) is 1.62. The quantitative estimate of drug-likeness (QED) is 0.540. The second-order valence-corrected chi connectivity index (χ2v) is 2.57. The third kappa shape index (κ3) is 2.74. The molecule has 14 heavy (non-hydrogen) atoms. The van der Waals surface area contributed by atoms with Crippen LogP contribution in [0, 0.1) is 0 Å².